The Balaban J connectivity index is 2.17. The maximum Gasteiger partial charge on any atom is 0.168 e. The number of rotatable bonds is 5. The molecule has 4 heteroatoms. The molecule has 0 radical (unpaired) electrons. The monoisotopic (exact) mass is 256 g/mol. The lowest BCUT2D eigenvalue weighted by Crippen LogP contribution is -1.97. The number of aromatic nitrogens is 2. The maximum absolute atomic E-state index is 10.8. The summed E-state index contributed by atoms with van der Waals surface area (Å²) in [6.45, 7) is 6.22. The normalized spacial score (nSPS) is 10.2. The van der Waals surface area contributed by atoms with Gasteiger partial charge in [-0.3, -0.25) is 9.48 Å². The fraction of sp³-hybridized carbons (Fsp3) is 0.200. The van der Waals surface area contributed by atoms with Crippen molar-refractivity contribution in [3.8, 4) is 17.0 Å². The van der Waals surface area contributed by atoms with Crippen LogP contribution in [0.15, 0.2) is 42.5 Å². The van der Waals surface area contributed by atoms with Gasteiger partial charge in [0, 0.05) is 12.6 Å². The van der Waals surface area contributed by atoms with E-state index in [1.54, 1.807) is 17.8 Å². The zero-order valence-corrected chi connectivity index (χ0v) is 11.1. The van der Waals surface area contributed by atoms with Gasteiger partial charge in [0.2, 0.25) is 0 Å². The molecule has 2 aromatic rings. The van der Waals surface area contributed by atoms with Crippen LogP contribution >= 0.6 is 0 Å². The number of aldehydes is 1. The van der Waals surface area contributed by atoms with Crippen LogP contribution in [0.1, 0.15) is 17.4 Å². The Morgan fingerprint density at radius 2 is 2.11 bits per heavy atom. The second-order valence-corrected chi connectivity index (χ2v) is 4.47. The van der Waals surface area contributed by atoms with Gasteiger partial charge in [0.25, 0.3) is 0 Å². The molecule has 1 aromatic carbocycles. The summed E-state index contributed by atoms with van der Waals surface area (Å²) in [6.07, 6.45) is 0.793. The third-order valence-corrected chi connectivity index (χ3v) is 2.67. The second-order valence-electron chi connectivity index (χ2n) is 4.47. The van der Waals surface area contributed by atoms with E-state index in [4.69, 9.17) is 4.74 Å². The van der Waals surface area contributed by atoms with Crippen molar-refractivity contribution in [2.75, 3.05) is 6.61 Å². The highest BCUT2D eigenvalue weighted by molar-refractivity contribution is 5.75. The van der Waals surface area contributed by atoms with Crippen LogP contribution in [0, 0.1) is 0 Å². The van der Waals surface area contributed by atoms with E-state index in [1.165, 1.54) is 0 Å². The molecule has 2 rings (SSSR count). The molecular weight excluding hydrogens is 240 g/mol. The number of hydrogen-bond donors (Lipinski definition) is 0. The van der Waals surface area contributed by atoms with E-state index in [0.29, 0.717) is 12.3 Å². The lowest BCUT2D eigenvalue weighted by molar-refractivity contribution is 0.111. The summed E-state index contributed by atoms with van der Waals surface area (Å²) in [4.78, 5) is 10.8. The van der Waals surface area contributed by atoms with Gasteiger partial charge in [0.15, 0.2) is 6.29 Å². The first kappa shape index (κ1) is 13.1. The van der Waals surface area contributed by atoms with Crippen LogP contribution in [0.3, 0.4) is 0 Å². The molecule has 0 spiro atoms. The lowest BCUT2D eigenvalue weighted by atomic mass is 10.1. The van der Waals surface area contributed by atoms with E-state index in [1.807, 2.05) is 31.2 Å². The standard InChI is InChI=1S/C15H16N2O2/c1-11(2)10-19-14-6-4-12(5-7-14)15-8-13(9-18)17(3)16-15/h4-9H,1,10H2,2-3H3. The number of carbonyl (C=O) groups excluding carboxylic acids is 1. The van der Waals surface area contributed by atoms with Crippen molar-refractivity contribution in [1.82, 2.24) is 9.78 Å². The van der Waals surface area contributed by atoms with Crippen LogP contribution in [-0.4, -0.2) is 22.7 Å². The molecule has 0 unspecified atom stereocenters. The molecule has 0 aliphatic carbocycles. The van der Waals surface area contributed by atoms with Crippen LogP contribution < -0.4 is 4.74 Å². The average molecular weight is 256 g/mol. The minimum absolute atomic E-state index is 0.512. The predicted octanol–water partition coefficient (Wildman–Crippen LogP) is 2.85. The first-order chi connectivity index (χ1) is 9.10. The maximum atomic E-state index is 10.8. The average Bonchev–Trinajstić information content (AvgIpc) is 2.78. The number of ether oxygens (including phenoxy) is 1. The quantitative estimate of drug-likeness (QED) is 0.610. The fourth-order valence-corrected chi connectivity index (χ4v) is 1.66. The number of hydrogen-bond acceptors (Lipinski definition) is 3. The van der Waals surface area contributed by atoms with Gasteiger partial charge in [-0.1, -0.05) is 6.58 Å². The minimum atomic E-state index is 0.512. The summed E-state index contributed by atoms with van der Waals surface area (Å²) in [5, 5.41) is 4.29. The smallest absolute Gasteiger partial charge is 0.168 e. The molecule has 0 saturated carbocycles. The Morgan fingerprint density at radius 3 is 2.63 bits per heavy atom. The Hall–Kier alpha value is -2.36. The van der Waals surface area contributed by atoms with E-state index in [0.717, 1.165) is 28.9 Å². The van der Waals surface area contributed by atoms with Gasteiger partial charge in [0.05, 0.1) is 5.69 Å². The second kappa shape index (κ2) is 5.52. The molecule has 0 atom stereocenters. The van der Waals surface area contributed by atoms with Crippen molar-refractivity contribution in [1.29, 1.82) is 0 Å². The largest absolute Gasteiger partial charge is 0.489 e. The van der Waals surface area contributed by atoms with E-state index in [9.17, 15) is 4.79 Å². The lowest BCUT2D eigenvalue weighted by Gasteiger charge is -2.05. The Bertz CT molecular complexity index is 597. The Labute approximate surface area is 112 Å². The topological polar surface area (TPSA) is 44.1 Å². The van der Waals surface area contributed by atoms with Crippen LogP contribution in [0.2, 0.25) is 0 Å². The van der Waals surface area contributed by atoms with E-state index >= 15 is 0 Å². The molecule has 0 amide bonds. The molecule has 0 N–H and O–H groups in total. The molecule has 0 aliphatic rings. The molecule has 98 valence electrons. The summed E-state index contributed by atoms with van der Waals surface area (Å²) in [5.74, 6) is 0.790. The van der Waals surface area contributed by atoms with Crippen LogP contribution in [0.5, 0.6) is 5.75 Å². The fourth-order valence-electron chi connectivity index (χ4n) is 1.66. The first-order valence-corrected chi connectivity index (χ1v) is 5.97. The van der Waals surface area contributed by atoms with Crippen LogP contribution in [0.25, 0.3) is 11.3 Å². The molecule has 0 fully saturated rings. The van der Waals surface area contributed by atoms with Crippen molar-refractivity contribution in [2.45, 2.75) is 6.92 Å². The van der Waals surface area contributed by atoms with Crippen molar-refractivity contribution in [3.63, 3.8) is 0 Å². The number of nitrogens with zero attached hydrogens (tertiary/aromatic N) is 2. The number of benzene rings is 1. The van der Waals surface area contributed by atoms with Crippen molar-refractivity contribution in [3.05, 3.63) is 48.2 Å². The molecule has 0 aliphatic heterocycles. The summed E-state index contributed by atoms with van der Waals surface area (Å²) in [6, 6.07) is 9.37. The van der Waals surface area contributed by atoms with Gasteiger partial charge in [-0.25, -0.2) is 0 Å². The predicted molar refractivity (Wildman–Crippen MR) is 74.3 cm³/mol. The highest BCUT2D eigenvalue weighted by atomic mass is 16.5. The van der Waals surface area contributed by atoms with E-state index < -0.39 is 0 Å². The highest BCUT2D eigenvalue weighted by Crippen LogP contribution is 2.21. The van der Waals surface area contributed by atoms with E-state index in [-0.39, 0.29) is 0 Å². The van der Waals surface area contributed by atoms with Gasteiger partial charge >= 0.3 is 0 Å². The molecule has 19 heavy (non-hydrogen) atoms. The summed E-state index contributed by atoms with van der Waals surface area (Å²) in [5.41, 5.74) is 3.25. The first-order valence-electron chi connectivity index (χ1n) is 5.97. The van der Waals surface area contributed by atoms with Gasteiger partial charge in [-0.2, -0.15) is 5.10 Å². The van der Waals surface area contributed by atoms with Gasteiger partial charge < -0.3 is 4.74 Å². The van der Waals surface area contributed by atoms with E-state index in [2.05, 4.69) is 11.7 Å². The summed E-state index contributed by atoms with van der Waals surface area (Å²) in [7, 11) is 1.75. The highest BCUT2D eigenvalue weighted by Gasteiger charge is 2.06. The van der Waals surface area contributed by atoms with Gasteiger partial charge in [-0.15, -0.1) is 0 Å². The third-order valence-electron chi connectivity index (χ3n) is 2.67. The molecule has 0 bridgehead atoms. The molecule has 1 aromatic heterocycles. The van der Waals surface area contributed by atoms with Crippen molar-refractivity contribution in [2.24, 2.45) is 7.05 Å². The molecule has 1 heterocycles. The molecule has 4 nitrogen and oxygen atoms in total. The molecule has 0 saturated heterocycles. The number of carbonyl (C=O) groups is 1. The third kappa shape index (κ3) is 3.10. The Morgan fingerprint density at radius 1 is 1.42 bits per heavy atom. The van der Waals surface area contributed by atoms with Gasteiger partial charge in [0.1, 0.15) is 18.1 Å². The summed E-state index contributed by atoms with van der Waals surface area (Å²) >= 11 is 0. The van der Waals surface area contributed by atoms with Gasteiger partial charge in [-0.05, 0) is 42.8 Å². The van der Waals surface area contributed by atoms with Crippen LogP contribution in [-0.2, 0) is 7.05 Å². The Kier molecular flexibility index (Phi) is 3.80. The minimum Gasteiger partial charge on any atom is -0.489 e. The van der Waals surface area contributed by atoms with Crippen molar-refractivity contribution < 1.29 is 9.53 Å². The number of aryl methyl sites for hydroxylation is 1. The SMILES string of the molecule is C=C(C)COc1ccc(-c2cc(C=O)n(C)n2)cc1. The summed E-state index contributed by atoms with van der Waals surface area (Å²) < 4.78 is 7.09. The zero-order valence-electron chi connectivity index (χ0n) is 11.1. The zero-order chi connectivity index (χ0) is 13.8. The van der Waals surface area contributed by atoms with Crippen LogP contribution in [0.4, 0.5) is 0 Å². The molecular formula is C15H16N2O2. The van der Waals surface area contributed by atoms with Crippen molar-refractivity contribution >= 4 is 6.29 Å².